The van der Waals surface area contributed by atoms with Crippen LogP contribution in [-0.4, -0.2) is 59.3 Å². The summed E-state index contributed by atoms with van der Waals surface area (Å²) in [7, 11) is 3.69. The van der Waals surface area contributed by atoms with Crippen molar-refractivity contribution in [2.24, 2.45) is 0 Å². The van der Waals surface area contributed by atoms with Gasteiger partial charge in [-0.1, -0.05) is 13.0 Å². The van der Waals surface area contributed by atoms with Crippen molar-refractivity contribution in [3.05, 3.63) is 45.0 Å². The number of piperazine rings is 1. The number of aryl methyl sites for hydroxylation is 1. The number of nitrogens with zero attached hydrogens (tertiary/aromatic N) is 2. The van der Waals surface area contributed by atoms with Gasteiger partial charge in [0.05, 0.1) is 19.2 Å². The lowest BCUT2D eigenvalue weighted by molar-refractivity contribution is -0.172. The number of benzene rings is 2. The first-order chi connectivity index (χ1) is 16.3. The normalized spacial score (nSPS) is 29.4. The summed E-state index contributed by atoms with van der Waals surface area (Å²) in [5, 5.41) is 23.2. The molecule has 0 aliphatic carbocycles. The predicted molar refractivity (Wildman–Crippen MR) is 128 cm³/mol. The van der Waals surface area contributed by atoms with Crippen molar-refractivity contribution >= 4 is 0 Å². The fourth-order valence-corrected chi connectivity index (χ4v) is 7.25. The highest BCUT2D eigenvalue weighted by Crippen LogP contribution is 2.57. The predicted octanol–water partition coefficient (Wildman–Crippen LogP) is 3.66. The van der Waals surface area contributed by atoms with Gasteiger partial charge < -0.3 is 24.4 Å². The lowest BCUT2D eigenvalue weighted by Crippen LogP contribution is -2.68. The number of fused-ring (bicyclic) bond motifs is 9. The number of aliphatic hydroxyl groups is 1. The molecule has 1 unspecified atom stereocenters. The number of phenolic OH excluding ortho intramolecular Hbond substituents is 1. The van der Waals surface area contributed by atoms with Gasteiger partial charge in [-0.3, -0.25) is 9.80 Å². The summed E-state index contributed by atoms with van der Waals surface area (Å²) < 4.78 is 17.5. The monoisotopic (exact) mass is 466 g/mol. The highest BCUT2D eigenvalue weighted by Gasteiger charge is 2.55. The highest BCUT2D eigenvalue weighted by atomic mass is 16.7. The number of hydrogen-bond acceptors (Lipinski definition) is 7. The van der Waals surface area contributed by atoms with E-state index in [0.717, 1.165) is 46.6 Å². The molecule has 34 heavy (non-hydrogen) atoms. The molecule has 4 aliphatic heterocycles. The van der Waals surface area contributed by atoms with Crippen molar-refractivity contribution in [2.45, 2.75) is 77.4 Å². The number of rotatable bonds is 2. The minimum atomic E-state index is -0.623. The van der Waals surface area contributed by atoms with Gasteiger partial charge in [-0.15, -0.1) is 0 Å². The van der Waals surface area contributed by atoms with E-state index in [0.29, 0.717) is 12.2 Å². The molecule has 7 nitrogen and oxygen atoms in total. The van der Waals surface area contributed by atoms with E-state index >= 15 is 0 Å². The summed E-state index contributed by atoms with van der Waals surface area (Å²) in [5.41, 5.74) is 7.80. The molecule has 2 aromatic rings. The molecule has 182 valence electrons. The summed E-state index contributed by atoms with van der Waals surface area (Å²) in [4.78, 5) is 4.57. The van der Waals surface area contributed by atoms with Crippen LogP contribution in [0.5, 0.6) is 23.0 Å². The average molecular weight is 467 g/mol. The first-order valence-electron chi connectivity index (χ1n) is 12.3. The van der Waals surface area contributed by atoms with Gasteiger partial charge in [0, 0.05) is 23.2 Å². The van der Waals surface area contributed by atoms with Crippen molar-refractivity contribution in [3.63, 3.8) is 0 Å². The van der Waals surface area contributed by atoms with Crippen LogP contribution in [0.3, 0.4) is 0 Å². The summed E-state index contributed by atoms with van der Waals surface area (Å²) in [6.45, 7) is 8.65. The minimum Gasteiger partial charge on any atom is -0.504 e. The van der Waals surface area contributed by atoms with Gasteiger partial charge in [-0.2, -0.15) is 0 Å². The molecule has 0 spiro atoms. The third-order valence-electron chi connectivity index (χ3n) is 8.88. The first-order valence-corrected chi connectivity index (χ1v) is 12.3. The molecule has 2 bridgehead atoms. The number of hydrogen-bond donors (Lipinski definition) is 2. The lowest BCUT2D eigenvalue weighted by Gasteiger charge is -2.60. The molecule has 0 radical (unpaired) electrons. The standard InChI is InChI=1S/C27H34N2O5/c1-7-17-21-16(13(3)14(4)25-26(21)34-11-33-25)10-18-22-20-15(8-12(2)24(32-6)23(20)30)9-19(28(22)5)27(31)29(17)18/h8,17-19,22,27,30-31H,7,9-11H2,1-6H3/t17-,18?,19-,22-,27-/m0/s1. The molecule has 0 amide bonds. The largest absolute Gasteiger partial charge is 0.504 e. The van der Waals surface area contributed by atoms with E-state index in [1.165, 1.54) is 16.7 Å². The Morgan fingerprint density at radius 1 is 1.06 bits per heavy atom. The van der Waals surface area contributed by atoms with E-state index in [2.05, 4.69) is 43.7 Å². The van der Waals surface area contributed by atoms with Crippen molar-refractivity contribution in [1.29, 1.82) is 0 Å². The molecule has 6 rings (SSSR count). The fraction of sp³-hybridized carbons (Fsp3) is 0.556. The van der Waals surface area contributed by atoms with Crippen LogP contribution >= 0.6 is 0 Å². The number of aromatic hydroxyl groups is 1. The Morgan fingerprint density at radius 2 is 1.79 bits per heavy atom. The SMILES string of the molecule is CC[C@H]1c2c(c(C)c(C)c3c2OCO3)CC2[C@H]3c4c(cc(C)c(OC)c4O)C[C@@H]([C@H](O)N21)N3C. The van der Waals surface area contributed by atoms with Crippen LogP contribution in [0.2, 0.25) is 0 Å². The third kappa shape index (κ3) is 2.63. The van der Waals surface area contributed by atoms with Crippen LogP contribution in [0.15, 0.2) is 6.07 Å². The van der Waals surface area contributed by atoms with Crippen molar-refractivity contribution in [2.75, 3.05) is 21.0 Å². The van der Waals surface area contributed by atoms with E-state index in [4.69, 9.17) is 14.2 Å². The second-order valence-electron chi connectivity index (χ2n) is 10.3. The number of phenols is 1. The van der Waals surface area contributed by atoms with Gasteiger partial charge in [0.25, 0.3) is 0 Å². The Morgan fingerprint density at radius 3 is 2.50 bits per heavy atom. The first kappa shape index (κ1) is 22.0. The van der Waals surface area contributed by atoms with Gasteiger partial charge in [-0.25, -0.2) is 0 Å². The Balaban J connectivity index is 1.58. The molecule has 0 aromatic heterocycles. The minimum absolute atomic E-state index is 0.00420. The van der Waals surface area contributed by atoms with Crippen LogP contribution in [-0.2, 0) is 12.8 Å². The molecule has 1 saturated heterocycles. The molecule has 5 atom stereocenters. The van der Waals surface area contributed by atoms with Crippen molar-refractivity contribution in [1.82, 2.24) is 9.80 Å². The van der Waals surface area contributed by atoms with Gasteiger partial charge >= 0.3 is 0 Å². The van der Waals surface area contributed by atoms with Crippen molar-refractivity contribution in [3.8, 4) is 23.0 Å². The molecular formula is C27H34N2O5. The number of methoxy groups -OCH3 is 1. The lowest BCUT2D eigenvalue weighted by atomic mass is 9.72. The number of ether oxygens (including phenoxy) is 3. The third-order valence-corrected chi connectivity index (χ3v) is 8.88. The molecule has 4 aliphatic rings. The second kappa shape index (κ2) is 7.51. The Bertz CT molecular complexity index is 1190. The van der Waals surface area contributed by atoms with E-state index < -0.39 is 6.23 Å². The molecule has 1 fully saturated rings. The van der Waals surface area contributed by atoms with Crippen LogP contribution in [0, 0.1) is 20.8 Å². The maximum atomic E-state index is 11.8. The van der Waals surface area contributed by atoms with Crippen LogP contribution < -0.4 is 14.2 Å². The van der Waals surface area contributed by atoms with E-state index in [9.17, 15) is 10.2 Å². The Kier molecular flexibility index (Phi) is 4.86. The zero-order chi connectivity index (χ0) is 24.0. The quantitative estimate of drug-likeness (QED) is 0.700. The smallest absolute Gasteiger partial charge is 0.231 e. The van der Waals surface area contributed by atoms with E-state index in [1.54, 1.807) is 7.11 Å². The zero-order valence-electron chi connectivity index (χ0n) is 20.8. The summed E-state index contributed by atoms with van der Waals surface area (Å²) >= 11 is 0. The summed E-state index contributed by atoms with van der Waals surface area (Å²) in [6, 6.07) is 2.02. The average Bonchev–Trinajstić information content (AvgIpc) is 3.30. The zero-order valence-corrected chi connectivity index (χ0v) is 20.8. The topological polar surface area (TPSA) is 74.6 Å². The van der Waals surface area contributed by atoms with Crippen LogP contribution in [0.4, 0.5) is 0 Å². The van der Waals surface area contributed by atoms with Crippen LogP contribution in [0.25, 0.3) is 0 Å². The maximum Gasteiger partial charge on any atom is 0.231 e. The molecule has 4 heterocycles. The van der Waals surface area contributed by atoms with E-state index in [1.807, 2.05) is 6.92 Å². The molecular weight excluding hydrogens is 432 g/mol. The molecule has 0 saturated carbocycles. The molecule has 2 aromatic carbocycles. The fourth-order valence-electron chi connectivity index (χ4n) is 7.25. The van der Waals surface area contributed by atoms with Crippen molar-refractivity contribution < 1.29 is 24.4 Å². The van der Waals surface area contributed by atoms with Gasteiger partial charge in [0.15, 0.2) is 23.0 Å². The molecule has 2 N–H and O–H groups in total. The summed E-state index contributed by atoms with van der Waals surface area (Å²) in [6.07, 6.45) is 1.67. The van der Waals surface area contributed by atoms with Gasteiger partial charge in [-0.05, 0) is 74.9 Å². The second-order valence-corrected chi connectivity index (χ2v) is 10.3. The molecule has 7 heteroatoms. The maximum absolute atomic E-state index is 11.8. The number of likely N-dealkylation sites (N-methyl/N-ethyl adjacent to an activating group) is 1. The van der Waals surface area contributed by atoms with E-state index in [-0.39, 0.29) is 36.7 Å². The summed E-state index contributed by atoms with van der Waals surface area (Å²) in [5.74, 6) is 2.48. The Labute approximate surface area is 200 Å². The highest BCUT2D eigenvalue weighted by molar-refractivity contribution is 5.63. The number of aliphatic hydroxyl groups excluding tert-OH is 1. The Hall–Kier alpha value is -2.48. The van der Waals surface area contributed by atoms with Gasteiger partial charge in [0.1, 0.15) is 6.23 Å². The van der Waals surface area contributed by atoms with Gasteiger partial charge in [0.2, 0.25) is 6.79 Å². The van der Waals surface area contributed by atoms with Crippen LogP contribution in [0.1, 0.15) is 64.4 Å².